The highest BCUT2D eigenvalue weighted by molar-refractivity contribution is 6.29. The highest BCUT2D eigenvalue weighted by atomic mass is 35.5. The van der Waals surface area contributed by atoms with Gasteiger partial charge in [-0.2, -0.15) is 0 Å². The molecular weight excluding hydrogens is 443 g/mol. The molecule has 0 spiro atoms. The van der Waals surface area contributed by atoms with Crippen LogP contribution in [0, 0.1) is 5.92 Å². The van der Waals surface area contributed by atoms with Crippen LogP contribution in [0.4, 0.5) is 4.39 Å². The molecule has 3 aliphatic heterocycles. The third kappa shape index (κ3) is 5.10. The maximum Gasteiger partial charge on any atom is 0.188 e. The number of ether oxygens (including phenoxy) is 1. The highest BCUT2D eigenvalue weighted by Crippen LogP contribution is 2.38. The summed E-state index contributed by atoms with van der Waals surface area (Å²) in [5.74, 6) is 1.18. The maximum absolute atomic E-state index is 13.9. The Kier molecular flexibility index (Phi) is 7.27. The molecule has 0 aromatic rings. The quantitative estimate of drug-likeness (QED) is 0.339. The summed E-state index contributed by atoms with van der Waals surface area (Å²) in [6.45, 7) is 3.52. The summed E-state index contributed by atoms with van der Waals surface area (Å²) in [6.07, 6.45) is 8.33. The predicted octanol–water partition coefficient (Wildman–Crippen LogP) is 2.38. The Hall–Kier alpha value is -1.58. The van der Waals surface area contributed by atoms with Crippen molar-refractivity contribution < 1.29 is 9.13 Å². The fraction of sp³-hybridized carbons (Fsp3) is 0.667. The van der Waals surface area contributed by atoms with E-state index in [1.807, 2.05) is 0 Å². The van der Waals surface area contributed by atoms with Crippen molar-refractivity contribution >= 4 is 11.6 Å². The minimum absolute atomic E-state index is 0.0311. The minimum atomic E-state index is -0.154. The average molecular weight is 479 g/mol. The largest absolute Gasteiger partial charge is 0.482 e. The van der Waals surface area contributed by atoms with Crippen LogP contribution in [-0.2, 0) is 4.74 Å². The van der Waals surface area contributed by atoms with Gasteiger partial charge in [-0.1, -0.05) is 17.7 Å². The molecule has 0 aromatic heterocycles. The van der Waals surface area contributed by atoms with E-state index in [1.165, 1.54) is 22.4 Å². The molecule has 0 aromatic carbocycles. The van der Waals surface area contributed by atoms with Crippen molar-refractivity contribution in [3.63, 3.8) is 0 Å². The van der Waals surface area contributed by atoms with Crippen molar-refractivity contribution in [2.45, 2.75) is 63.3 Å². The van der Waals surface area contributed by atoms with E-state index in [-0.39, 0.29) is 24.2 Å². The predicted molar refractivity (Wildman–Crippen MR) is 129 cm³/mol. The number of methoxy groups -OCH3 is 1. The van der Waals surface area contributed by atoms with Gasteiger partial charge in [0.2, 0.25) is 0 Å². The first-order valence-electron chi connectivity index (χ1n) is 12.3. The third-order valence-corrected chi connectivity index (χ3v) is 7.90. The second-order valence-electron chi connectivity index (χ2n) is 9.62. The zero-order chi connectivity index (χ0) is 22.8. The second-order valence-corrected chi connectivity index (χ2v) is 10.1. The molecule has 0 amide bonds. The number of rotatable bonds is 5. The van der Waals surface area contributed by atoms with E-state index in [4.69, 9.17) is 16.3 Å². The summed E-state index contributed by atoms with van der Waals surface area (Å²) in [6, 6.07) is 0.160. The molecule has 7 nitrogen and oxygen atoms in total. The summed E-state index contributed by atoms with van der Waals surface area (Å²) in [5.41, 5.74) is 5.41. The normalized spacial score (nSPS) is 33.2. The van der Waals surface area contributed by atoms with E-state index in [0.717, 1.165) is 64.3 Å². The van der Waals surface area contributed by atoms with Gasteiger partial charge < -0.3 is 20.7 Å². The molecule has 0 unspecified atom stereocenters. The second kappa shape index (κ2) is 10.4. The molecule has 6 N–H and O–H groups in total. The van der Waals surface area contributed by atoms with Crippen LogP contribution >= 0.6 is 11.6 Å². The van der Waals surface area contributed by atoms with E-state index < -0.39 is 0 Å². The molecule has 0 radical (unpaired) electrons. The van der Waals surface area contributed by atoms with Crippen LogP contribution in [0.3, 0.4) is 0 Å². The Labute approximate surface area is 200 Å². The molecule has 2 aliphatic carbocycles. The molecule has 4 atom stereocenters. The first-order valence-corrected chi connectivity index (χ1v) is 12.6. The molecule has 0 bridgehead atoms. The fourth-order valence-corrected chi connectivity index (χ4v) is 6.03. The summed E-state index contributed by atoms with van der Waals surface area (Å²) < 4.78 is 19.5. The number of hydrogen-bond donors (Lipinski definition) is 6. The minimum Gasteiger partial charge on any atom is -0.482 e. The lowest BCUT2D eigenvalue weighted by Gasteiger charge is -2.44. The smallest absolute Gasteiger partial charge is 0.188 e. The lowest BCUT2D eigenvalue weighted by Crippen LogP contribution is -2.62. The van der Waals surface area contributed by atoms with Gasteiger partial charge in [-0.3, -0.25) is 16.0 Å². The zero-order valence-corrected chi connectivity index (χ0v) is 20.1. The van der Waals surface area contributed by atoms with Gasteiger partial charge in [0.25, 0.3) is 0 Å². The standard InChI is InChI=1S/C24H36ClFN6O/c1-33-24-18(12-28-13-29-24)14-4-7-21-17(9-14)23(30-16-5-6-20(26)19(25)10-16)32-22(31-21)15-3-2-8-27-11-15/h3,14,16,22-23,27-32H,2,4-13H2,1H3/t14-,16+,22+,23+/m1/s1. The van der Waals surface area contributed by atoms with Crippen molar-refractivity contribution in [2.75, 3.05) is 33.4 Å². The van der Waals surface area contributed by atoms with Gasteiger partial charge in [0.1, 0.15) is 12.0 Å². The summed E-state index contributed by atoms with van der Waals surface area (Å²) in [7, 11) is 1.74. The van der Waals surface area contributed by atoms with Crippen LogP contribution in [-0.4, -0.2) is 51.8 Å². The summed E-state index contributed by atoms with van der Waals surface area (Å²) in [4.78, 5) is 0. The molecule has 0 saturated carbocycles. The number of nitrogens with one attached hydrogen (secondary N) is 6. The molecule has 3 heterocycles. The highest BCUT2D eigenvalue weighted by Gasteiger charge is 2.37. The zero-order valence-electron chi connectivity index (χ0n) is 19.3. The average Bonchev–Trinajstić information content (AvgIpc) is 2.86. The number of hydrogen-bond acceptors (Lipinski definition) is 7. The molecule has 33 heavy (non-hydrogen) atoms. The Balaban J connectivity index is 1.39. The topological polar surface area (TPSA) is 81.4 Å². The van der Waals surface area contributed by atoms with Crippen LogP contribution < -0.4 is 31.9 Å². The van der Waals surface area contributed by atoms with E-state index >= 15 is 0 Å². The van der Waals surface area contributed by atoms with Gasteiger partial charge in [0, 0.05) is 43.2 Å². The Morgan fingerprint density at radius 1 is 1.12 bits per heavy atom. The lowest BCUT2D eigenvalue weighted by molar-refractivity contribution is 0.231. The van der Waals surface area contributed by atoms with Gasteiger partial charge in [0.15, 0.2) is 5.88 Å². The lowest BCUT2D eigenvalue weighted by atomic mass is 9.79. The molecule has 0 fully saturated rings. The number of allylic oxidation sites excluding steroid dienone is 2. The SMILES string of the molecule is COC1=C([C@@H]2CCC3=C(C2)[C@@H](N[C@H]2CCC(F)=C(Cl)C2)N[C@@H](C2=CCCNC2)N3)CNCN1. The van der Waals surface area contributed by atoms with E-state index in [2.05, 4.69) is 38.0 Å². The first-order chi connectivity index (χ1) is 16.1. The van der Waals surface area contributed by atoms with Gasteiger partial charge in [0.05, 0.1) is 25.0 Å². The summed E-state index contributed by atoms with van der Waals surface area (Å²) in [5, 5.41) is 22.1. The van der Waals surface area contributed by atoms with Crippen LogP contribution in [0.25, 0.3) is 0 Å². The molecular formula is C24H36ClFN6O. The van der Waals surface area contributed by atoms with Gasteiger partial charge in [-0.05, 0) is 55.7 Å². The molecule has 182 valence electrons. The van der Waals surface area contributed by atoms with Crippen molar-refractivity contribution in [3.05, 3.63) is 45.2 Å². The number of halogens is 2. The van der Waals surface area contributed by atoms with Crippen molar-refractivity contribution in [1.82, 2.24) is 31.9 Å². The molecule has 0 saturated heterocycles. The van der Waals surface area contributed by atoms with Crippen molar-refractivity contribution in [3.8, 4) is 0 Å². The van der Waals surface area contributed by atoms with E-state index in [1.54, 1.807) is 7.11 Å². The maximum atomic E-state index is 13.9. The first kappa shape index (κ1) is 23.2. The molecule has 5 aliphatic rings. The Morgan fingerprint density at radius 3 is 2.82 bits per heavy atom. The van der Waals surface area contributed by atoms with Gasteiger partial charge in [-0.25, -0.2) is 4.39 Å². The van der Waals surface area contributed by atoms with Crippen LogP contribution in [0.15, 0.2) is 45.2 Å². The Morgan fingerprint density at radius 2 is 2.03 bits per heavy atom. The monoisotopic (exact) mass is 478 g/mol. The third-order valence-electron chi connectivity index (χ3n) is 7.54. The van der Waals surface area contributed by atoms with Crippen molar-refractivity contribution in [2.24, 2.45) is 5.92 Å². The van der Waals surface area contributed by atoms with Gasteiger partial charge >= 0.3 is 0 Å². The molecule has 5 rings (SSSR count). The van der Waals surface area contributed by atoms with Gasteiger partial charge in [-0.15, -0.1) is 0 Å². The molecule has 9 heteroatoms. The van der Waals surface area contributed by atoms with Crippen molar-refractivity contribution in [1.29, 1.82) is 0 Å². The van der Waals surface area contributed by atoms with Crippen LogP contribution in [0.1, 0.15) is 44.9 Å². The van der Waals surface area contributed by atoms with E-state index in [0.29, 0.717) is 23.8 Å². The Bertz CT molecular complexity index is 884. The fourth-order valence-electron chi connectivity index (χ4n) is 5.75. The van der Waals surface area contributed by atoms with Crippen LogP contribution in [0.5, 0.6) is 0 Å². The van der Waals surface area contributed by atoms with Crippen LogP contribution in [0.2, 0.25) is 0 Å². The van der Waals surface area contributed by atoms with E-state index in [9.17, 15) is 4.39 Å². The summed E-state index contributed by atoms with van der Waals surface area (Å²) >= 11 is 6.19.